The third-order valence-electron chi connectivity index (χ3n) is 4.24. The molecular formula is C17H28Cl2FN3O. The molecule has 0 spiro atoms. The predicted molar refractivity (Wildman–Crippen MR) is 100 cm³/mol. The number of nitrogens with one attached hydrogen (secondary N) is 1. The third-order valence-corrected chi connectivity index (χ3v) is 4.24. The van der Waals surface area contributed by atoms with E-state index in [1.54, 1.807) is 12.1 Å². The Kier molecular flexibility index (Phi) is 11.2. The van der Waals surface area contributed by atoms with Gasteiger partial charge in [0.15, 0.2) is 0 Å². The van der Waals surface area contributed by atoms with Crippen LogP contribution in [0.3, 0.4) is 0 Å². The molecule has 24 heavy (non-hydrogen) atoms. The maximum Gasteiger partial charge on any atom is 0.223 e. The van der Waals surface area contributed by atoms with Gasteiger partial charge in [-0.15, -0.1) is 24.8 Å². The summed E-state index contributed by atoms with van der Waals surface area (Å²) in [5, 5.41) is 3.00. The summed E-state index contributed by atoms with van der Waals surface area (Å²) in [7, 11) is 1.99. The van der Waals surface area contributed by atoms with Gasteiger partial charge in [0, 0.05) is 31.6 Å². The fraction of sp³-hybridized carbons (Fsp3) is 0.588. The molecule has 0 radical (unpaired) electrons. The summed E-state index contributed by atoms with van der Waals surface area (Å²) in [6, 6.07) is 6.68. The lowest BCUT2D eigenvalue weighted by molar-refractivity contribution is -0.126. The van der Waals surface area contributed by atoms with Crippen LogP contribution in [0, 0.1) is 11.7 Å². The van der Waals surface area contributed by atoms with Crippen molar-refractivity contribution in [3.05, 3.63) is 35.6 Å². The van der Waals surface area contributed by atoms with Crippen molar-refractivity contribution in [3.8, 4) is 0 Å². The van der Waals surface area contributed by atoms with E-state index in [9.17, 15) is 9.18 Å². The van der Waals surface area contributed by atoms with Crippen molar-refractivity contribution in [1.29, 1.82) is 0 Å². The number of carbonyl (C=O) groups excluding carboxylic acids is 1. The number of likely N-dealkylation sites (N-methyl/N-ethyl adjacent to an activating group) is 1. The van der Waals surface area contributed by atoms with Gasteiger partial charge in [0.1, 0.15) is 5.82 Å². The highest BCUT2D eigenvalue weighted by Crippen LogP contribution is 2.22. The Balaban J connectivity index is 0.00000264. The average molecular weight is 380 g/mol. The van der Waals surface area contributed by atoms with Crippen LogP contribution in [0.1, 0.15) is 31.2 Å². The molecule has 2 rings (SSSR count). The monoisotopic (exact) mass is 379 g/mol. The first-order valence-electron chi connectivity index (χ1n) is 8.01. The van der Waals surface area contributed by atoms with Crippen LogP contribution in [0.5, 0.6) is 0 Å². The molecule has 0 bridgehead atoms. The lowest BCUT2D eigenvalue weighted by atomic mass is 9.85. The van der Waals surface area contributed by atoms with Crippen molar-refractivity contribution >= 4 is 30.7 Å². The number of rotatable bonds is 6. The smallest absolute Gasteiger partial charge is 0.223 e. The van der Waals surface area contributed by atoms with E-state index in [2.05, 4.69) is 10.2 Å². The maximum atomic E-state index is 12.8. The Bertz CT molecular complexity index is 487. The van der Waals surface area contributed by atoms with Gasteiger partial charge in [-0.25, -0.2) is 4.39 Å². The van der Waals surface area contributed by atoms with Crippen molar-refractivity contribution in [2.45, 2.75) is 38.3 Å². The van der Waals surface area contributed by atoms with Crippen molar-refractivity contribution < 1.29 is 9.18 Å². The minimum Gasteiger partial charge on any atom is -0.355 e. The Morgan fingerprint density at radius 3 is 2.58 bits per heavy atom. The zero-order valence-corrected chi connectivity index (χ0v) is 15.7. The molecule has 1 amide bonds. The second-order valence-corrected chi connectivity index (χ2v) is 6.28. The number of amides is 1. The lowest BCUT2D eigenvalue weighted by Crippen LogP contribution is -2.40. The molecule has 1 aliphatic carbocycles. The standard InChI is InChI=1S/C17H26FN3O.2ClH/c1-21(12-13-5-7-15(18)8-6-13)10-9-20-17(22)14-3-2-4-16(19)11-14;;/h5-8,14,16H,2-4,9-12,19H2,1H3,(H,20,22);2*1H. The van der Waals surface area contributed by atoms with Crippen molar-refractivity contribution in [1.82, 2.24) is 10.2 Å². The van der Waals surface area contributed by atoms with Crippen LogP contribution in [0.25, 0.3) is 0 Å². The van der Waals surface area contributed by atoms with Gasteiger partial charge >= 0.3 is 0 Å². The van der Waals surface area contributed by atoms with E-state index in [-0.39, 0.29) is 48.5 Å². The maximum absolute atomic E-state index is 12.8. The molecule has 0 aromatic heterocycles. The van der Waals surface area contributed by atoms with E-state index in [1.165, 1.54) is 12.1 Å². The van der Waals surface area contributed by atoms with E-state index < -0.39 is 0 Å². The number of hydrogen-bond acceptors (Lipinski definition) is 3. The average Bonchev–Trinajstić information content (AvgIpc) is 2.49. The Morgan fingerprint density at radius 1 is 1.29 bits per heavy atom. The molecule has 1 aromatic carbocycles. The zero-order valence-electron chi connectivity index (χ0n) is 14.0. The van der Waals surface area contributed by atoms with Crippen molar-refractivity contribution in [2.24, 2.45) is 11.7 Å². The number of nitrogens with zero attached hydrogens (tertiary/aromatic N) is 1. The molecule has 2 unspecified atom stereocenters. The topological polar surface area (TPSA) is 58.4 Å². The van der Waals surface area contributed by atoms with Gasteiger partial charge in [-0.3, -0.25) is 4.79 Å². The van der Waals surface area contributed by atoms with E-state index in [1.807, 2.05) is 7.05 Å². The highest BCUT2D eigenvalue weighted by molar-refractivity contribution is 5.85. The highest BCUT2D eigenvalue weighted by Gasteiger charge is 2.24. The fourth-order valence-corrected chi connectivity index (χ4v) is 2.96. The molecule has 0 aliphatic heterocycles. The van der Waals surface area contributed by atoms with Crippen LogP contribution in [0.2, 0.25) is 0 Å². The van der Waals surface area contributed by atoms with Crippen LogP contribution in [-0.2, 0) is 11.3 Å². The molecular weight excluding hydrogens is 352 g/mol. The van der Waals surface area contributed by atoms with Crippen LogP contribution >= 0.6 is 24.8 Å². The number of halogens is 3. The van der Waals surface area contributed by atoms with E-state index in [4.69, 9.17) is 5.73 Å². The lowest BCUT2D eigenvalue weighted by Gasteiger charge is -2.26. The van der Waals surface area contributed by atoms with Crippen LogP contribution in [-0.4, -0.2) is 37.0 Å². The Hall–Kier alpha value is -0.880. The van der Waals surface area contributed by atoms with Gasteiger partial charge in [0.2, 0.25) is 5.91 Å². The summed E-state index contributed by atoms with van der Waals surface area (Å²) in [5.41, 5.74) is 6.98. The van der Waals surface area contributed by atoms with Crippen LogP contribution in [0.15, 0.2) is 24.3 Å². The summed E-state index contributed by atoms with van der Waals surface area (Å²) >= 11 is 0. The van der Waals surface area contributed by atoms with Crippen LogP contribution < -0.4 is 11.1 Å². The summed E-state index contributed by atoms with van der Waals surface area (Å²) in [6.07, 6.45) is 3.83. The highest BCUT2D eigenvalue weighted by atomic mass is 35.5. The minimum absolute atomic E-state index is 0. The fourth-order valence-electron chi connectivity index (χ4n) is 2.96. The normalized spacial score (nSPS) is 20.0. The SMILES string of the molecule is CN(CCNC(=O)C1CCCC(N)C1)Cc1ccc(F)cc1.Cl.Cl. The molecule has 1 aliphatic rings. The molecule has 1 saturated carbocycles. The quantitative estimate of drug-likeness (QED) is 0.798. The van der Waals surface area contributed by atoms with Gasteiger partial charge in [0.25, 0.3) is 0 Å². The van der Waals surface area contributed by atoms with Gasteiger partial charge in [0.05, 0.1) is 0 Å². The molecule has 0 heterocycles. The predicted octanol–water partition coefficient (Wildman–Crippen LogP) is 2.73. The van der Waals surface area contributed by atoms with E-state index >= 15 is 0 Å². The molecule has 7 heteroatoms. The number of nitrogens with two attached hydrogens (primary N) is 1. The largest absolute Gasteiger partial charge is 0.355 e. The van der Waals surface area contributed by atoms with E-state index in [0.717, 1.165) is 44.3 Å². The second kappa shape index (κ2) is 11.6. The number of hydrogen-bond donors (Lipinski definition) is 2. The van der Waals surface area contributed by atoms with Crippen LogP contribution in [0.4, 0.5) is 4.39 Å². The molecule has 2 atom stereocenters. The minimum atomic E-state index is -0.218. The molecule has 138 valence electrons. The van der Waals surface area contributed by atoms with Crippen molar-refractivity contribution in [2.75, 3.05) is 20.1 Å². The molecule has 3 N–H and O–H groups in total. The Morgan fingerprint density at radius 2 is 1.96 bits per heavy atom. The van der Waals surface area contributed by atoms with Gasteiger partial charge < -0.3 is 16.0 Å². The zero-order chi connectivity index (χ0) is 15.9. The first kappa shape index (κ1) is 23.1. The summed E-state index contributed by atoms with van der Waals surface area (Å²) < 4.78 is 12.8. The summed E-state index contributed by atoms with van der Waals surface area (Å²) in [5.74, 6) is -0.0131. The van der Waals surface area contributed by atoms with Crippen molar-refractivity contribution in [3.63, 3.8) is 0 Å². The number of carbonyl (C=O) groups is 1. The van der Waals surface area contributed by atoms with Gasteiger partial charge in [-0.2, -0.15) is 0 Å². The van der Waals surface area contributed by atoms with E-state index in [0.29, 0.717) is 6.54 Å². The molecule has 1 fully saturated rings. The summed E-state index contributed by atoms with van der Waals surface area (Å²) in [6.45, 7) is 2.13. The second-order valence-electron chi connectivity index (χ2n) is 6.28. The van der Waals surface area contributed by atoms with Gasteiger partial charge in [-0.05, 0) is 44.0 Å². The summed E-state index contributed by atoms with van der Waals surface area (Å²) in [4.78, 5) is 14.2. The van der Waals surface area contributed by atoms with Gasteiger partial charge in [-0.1, -0.05) is 18.6 Å². The number of benzene rings is 1. The first-order chi connectivity index (χ1) is 10.5. The molecule has 1 aromatic rings. The first-order valence-corrected chi connectivity index (χ1v) is 8.01. The molecule has 0 saturated heterocycles. The third kappa shape index (κ3) is 7.79. The Labute approximate surface area is 156 Å². The molecule has 4 nitrogen and oxygen atoms in total.